The molecule has 0 saturated carbocycles. The second-order valence-corrected chi connectivity index (χ2v) is 6.03. The highest BCUT2D eigenvalue weighted by Gasteiger charge is 2.06. The molecule has 2 N–H and O–H groups in total. The average molecular weight is 301 g/mol. The van der Waals surface area contributed by atoms with Crippen LogP contribution in [0.1, 0.15) is 29.5 Å². The van der Waals surface area contributed by atoms with Crippen LogP contribution < -0.4 is 10.6 Å². The summed E-state index contributed by atoms with van der Waals surface area (Å²) in [7, 11) is 1.81. The van der Waals surface area contributed by atoms with Gasteiger partial charge in [-0.15, -0.1) is 0 Å². The third-order valence-electron chi connectivity index (χ3n) is 3.49. The summed E-state index contributed by atoms with van der Waals surface area (Å²) in [4.78, 5) is 4.27. The predicted molar refractivity (Wildman–Crippen MR) is 92.1 cm³/mol. The van der Waals surface area contributed by atoms with Gasteiger partial charge in [-0.2, -0.15) is 11.3 Å². The summed E-state index contributed by atoms with van der Waals surface area (Å²) in [5.41, 5.74) is 3.92. The first-order valence-electron chi connectivity index (χ1n) is 7.21. The minimum atomic E-state index is 0.481. The van der Waals surface area contributed by atoms with E-state index >= 15 is 0 Å². The quantitative estimate of drug-likeness (QED) is 0.655. The third-order valence-corrected chi connectivity index (χ3v) is 4.19. The van der Waals surface area contributed by atoms with Crippen LogP contribution in [-0.4, -0.2) is 19.6 Å². The first-order chi connectivity index (χ1) is 10.2. The van der Waals surface area contributed by atoms with Crippen molar-refractivity contribution in [1.29, 1.82) is 0 Å². The molecule has 0 bridgehead atoms. The maximum Gasteiger partial charge on any atom is 0.191 e. The molecule has 4 heteroatoms. The van der Waals surface area contributed by atoms with E-state index in [0.717, 1.165) is 19.0 Å². The van der Waals surface area contributed by atoms with Crippen LogP contribution in [0.4, 0.5) is 0 Å². The van der Waals surface area contributed by atoms with E-state index in [1.54, 1.807) is 18.4 Å². The summed E-state index contributed by atoms with van der Waals surface area (Å²) in [6, 6.07) is 10.7. The van der Waals surface area contributed by atoms with Crippen LogP contribution in [0.2, 0.25) is 0 Å². The zero-order chi connectivity index (χ0) is 15.1. The molecule has 1 aromatic carbocycles. The van der Waals surface area contributed by atoms with Crippen molar-refractivity contribution in [2.75, 3.05) is 13.6 Å². The van der Waals surface area contributed by atoms with Crippen molar-refractivity contribution in [3.63, 3.8) is 0 Å². The van der Waals surface area contributed by atoms with Crippen molar-refractivity contribution in [2.24, 2.45) is 4.99 Å². The zero-order valence-electron chi connectivity index (χ0n) is 12.9. The molecule has 0 saturated heterocycles. The molecule has 1 unspecified atom stereocenters. The summed E-state index contributed by atoms with van der Waals surface area (Å²) < 4.78 is 0. The monoisotopic (exact) mass is 301 g/mol. The molecule has 0 fully saturated rings. The van der Waals surface area contributed by atoms with E-state index in [1.807, 2.05) is 0 Å². The summed E-state index contributed by atoms with van der Waals surface area (Å²) in [5.74, 6) is 1.33. The highest BCUT2D eigenvalue weighted by molar-refractivity contribution is 7.07. The molecule has 0 aliphatic heterocycles. The highest BCUT2D eigenvalue weighted by atomic mass is 32.1. The fourth-order valence-corrected chi connectivity index (χ4v) is 2.82. The van der Waals surface area contributed by atoms with Crippen LogP contribution in [0.3, 0.4) is 0 Å². The Morgan fingerprint density at radius 2 is 1.95 bits per heavy atom. The number of thiophene rings is 1. The Morgan fingerprint density at radius 1 is 1.19 bits per heavy atom. The van der Waals surface area contributed by atoms with Crippen molar-refractivity contribution in [1.82, 2.24) is 10.6 Å². The lowest BCUT2D eigenvalue weighted by Crippen LogP contribution is -2.38. The lowest BCUT2D eigenvalue weighted by Gasteiger charge is -2.15. The molecular weight excluding hydrogens is 278 g/mol. The van der Waals surface area contributed by atoms with E-state index in [1.165, 1.54) is 16.7 Å². The number of nitrogens with one attached hydrogen (secondary N) is 2. The van der Waals surface area contributed by atoms with Gasteiger partial charge < -0.3 is 10.6 Å². The van der Waals surface area contributed by atoms with Gasteiger partial charge in [0.2, 0.25) is 0 Å². The number of hydrogen-bond donors (Lipinski definition) is 2. The van der Waals surface area contributed by atoms with E-state index in [-0.39, 0.29) is 0 Å². The van der Waals surface area contributed by atoms with Gasteiger partial charge in [0.05, 0.1) is 0 Å². The number of aryl methyl sites for hydroxylation is 1. The van der Waals surface area contributed by atoms with Gasteiger partial charge in [0.25, 0.3) is 0 Å². The molecule has 21 heavy (non-hydrogen) atoms. The van der Waals surface area contributed by atoms with E-state index in [4.69, 9.17) is 0 Å². The lowest BCUT2D eigenvalue weighted by molar-refractivity contribution is 0.701. The van der Waals surface area contributed by atoms with Gasteiger partial charge in [0.15, 0.2) is 5.96 Å². The largest absolute Gasteiger partial charge is 0.356 e. The van der Waals surface area contributed by atoms with Crippen molar-refractivity contribution in [3.05, 3.63) is 57.8 Å². The lowest BCUT2D eigenvalue weighted by atomic mass is 10.1. The molecule has 0 radical (unpaired) electrons. The highest BCUT2D eigenvalue weighted by Crippen LogP contribution is 2.16. The first-order valence-corrected chi connectivity index (χ1v) is 8.15. The average Bonchev–Trinajstić information content (AvgIpc) is 3.03. The Hall–Kier alpha value is -1.81. The van der Waals surface area contributed by atoms with Gasteiger partial charge in [-0.05, 0) is 40.8 Å². The number of nitrogens with zero attached hydrogens (tertiary/aromatic N) is 1. The Labute approximate surface area is 131 Å². The normalized spacial score (nSPS) is 13.0. The van der Waals surface area contributed by atoms with Gasteiger partial charge in [-0.3, -0.25) is 4.99 Å². The molecule has 112 valence electrons. The first kappa shape index (κ1) is 15.6. The third kappa shape index (κ3) is 4.90. The van der Waals surface area contributed by atoms with Crippen LogP contribution in [0, 0.1) is 6.92 Å². The molecule has 2 aromatic rings. The van der Waals surface area contributed by atoms with E-state index in [0.29, 0.717) is 5.92 Å². The van der Waals surface area contributed by atoms with Crippen LogP contribution in [0.5, 0.6) is 0 Å². The molecule has 3 nitrogen and oxygen atoms in total. The number of hydrogen-bond acceptors (Lipinski definition) is 2. The molecule has 0 aliphatic carbocycles. The molecule has 0 amide bonds. The second-order valence-electron chi connectivity index (χ2n) is 5.25. The summed E-state index contributed by atoms with van der Waals surface area (Å²) in [6.45, 7) is 5.99. The molecular formula is C17H23N3S. The zero-order valence-corrected chi connectivity index (χ0v) is 13.7. The summed E-state index contributed by atoms with van der Waals surface area (Å²) >= 11 is 1.74. The second kappa shape index (κ2) is 7.84. The molecule has 0 spiro atoms. The van der Waals surface area contributed by atoms with Crippen molar-refractivity contribution >= 4 is 17.3 Å². The summed E-state index contributed by atoms with van der Waals surface area (Å²) in [6.07, 6.45) is 0. The van der Waals surface area contributed by atoms with Crippen LogP contribution >= 0.6 is 11.3 Å². The smallest absolute Gasteiger partial charge is 0.191 e. The van der Waals surface area contributed by atoms with Gasteiger partial charge in [0, 0.05) is 20.1 Å². The number of rotatable bonds is 5. The Morgan fingerprint density at radius 3 is 2.57 bits per heavy atom. The topological polar surface area (TPSA) is 36.4 Å². The minimum Gasteiger partial charge on any atom is -0.356 e. The Balaban J connectivity index is 1.79. The maximum absolute atomic E-state index is 4.27. The SMILES string of the molecule is CN=C(NCc1ccc(C)cc1)NCC(C)c1ccsc1. The fraction of sp³-hybridized carbons (Fsp3) is 0.353. The number of aliphatic imine (C=N–C) groups is 1. The van der Waals surface area contributed by atoms with E-state index < -0.39 is 0 Å². The van der Waals surface area contributed by atoms with Crippen molar-refractivity contribution in [3.8, 4) is 0 Å². The van der Waals surface area contributed by atoms with Gasteiger partial charge in [-0.1, -0.05) is 36.8 Å². The molecule has 1 aromatic heterocycles. The van der Waals surface area contributed by atoms with E-state index in [9.17, 15) is 0 Å². The standard InChI is InChI=1S/C17H23N3S/c1-13-4-6-15(7-5-13)11-20-17(18-3)19-10-14(2)16-8-9-21-12-16/h4-9,12,14H,10-11H2,1-3H3,(H2,18,19,20). The molecule has 0 aliphatic rings. The van der Waals surface area contributed by atoms with Crippen molar-refractivity contribution in [2.45, 2.75) is 26.3 Å². The maximum atomic E-state index is 4.27. The minimum absolute atomic E-state index is 0.481. The van der Waals surface area contributed by atoms with Crippen LogP contribution in [0.25, 0.3) is 0 Å². The Kier molecular flexibility index (Phi) is 5.81. The number of benzene rings is 1. The summed E-state index contributed by atoms with van der Waals surface area (Å²) in [5, 5.41) is 11.1. The predicted octanol–water partition coefficient (Wildman–Crippen LogP) is 3.53. The van der Waals surface area contributed by atoms with Crippen LogP contribution in [-0.2, 0) is 6.54 Å². The molecule has 2 rings (SSSR count). The van der Waals surface area contributed by atoms with E-state index in [2.05, 4.69) is 70.6 Å². The van der Waals surface area contributed by atoms with Crippen molar-refractivity contribution < 1.29 is 0 Å². The number of guanidine groups is 1. The van der Waals surface area contributed by atoms with Gasteiger partial charge in [0.1, 0.15) is 0 Å². The van der Waals surface area contributed by atoms with Gasteiger partial charge in [-0.25, -0.2) is 0 Å². The molecule has 1 atom stereocenters. The molecule has 1 heterocycles. The fourth-order valence-electron chi connectivity index (χ4n) is 2.04. The van der Waals surface area contributed by atoms with Gasteiger partial charge >= 0.3 is 0 Å². The Bertz CT molecular complexity index is 558. The van der Waals surface area contributed by atoms with Crippen LogP contribution in [0.15, 0.2) is 46.1 Å².